The number of halogens is 3. The largest absolute Gasteiger partial charge is 0.444 e. The SMILES string of the molecule is Cn1cnnc1C1(c2cccc(N3Cc4c(cc(CN(C(=O)OC(C)(C)C)C5(C)CCC5)cc4C(F)(F)F)C3=O)c2)CC(CO)C1. The van der Waals surface area contributed by atoms with Gasteiger partial charge in [-0.15, -0.1) is 10.2 Å². The minimum atomic E-state index is -4.71. The minimum absolute atomic E-state index is 0.0230. The van der Waals surface area contributed by atoms with Crippen LogP contribution in [-0.4, -0.2) is 54.5 Å². The summed E-state index contributed by atoms with van der Waals surface area (Å²) in [7, 11) is 1.85. The first-order chi connectivity index (χ1) is 21.5. The van der Waals surface area contributed by atoms with Crippen LogP contribution in [0.4, 0.5) is 23.7 Å². The Kier molecular flexibility index (Phi) is 7.73. The number of nitrogens with zero attached hydrogens (tertiary/aromatic N) is 5. The van der Waals surface area contributed by atoms with Crippen LogP contribution in [0.5, 0.6) is 0 Å². The van der Waals surface area contributed by atoms with Crippen molar-refractivity contribution < 1.29 is 32.6 Å². The minimum Gasteiger partial charge on any atom is -0.444 e. The second kappa shape index (κ2) is 11.1. The van der Waals surface area contributed by atoms with Gasteiger partial charge in [-0.25, -0.2) is 4.79 Å². The van der Waals surface area contributed by atoms with Gasteiger partial charge < -0.3 is 19.3 Å². The van der Waals surface area contributed by atoms with Gasteiger partial charge in [0, 0.05) is 37.0 Å². The molecule has 1 N–H and O–H groups in total. The van der Waals surface area contributed by atoms with Gasteiger partial charge in [0.25, 0.3) is 5.91 Å². The molecular formula is C34H40F3N5O4. The number of aliphatic hydroxyl groups excluding tert-OH is 1. The van der Waals surface area contributed by atoms with Crippen molar-refractivity contribution in [2.24, 2.45) is 13.0 Å². The summed E-state index contributed by atoms with van der Waals surface area (Å²) in [6.07, 6.45) is -0.119. The van der Waals surface area contributed by atoms with Gasteiger partial charge in [0.1, 0.15) is 17.8 Å². The van der Waals surface area contributed by atoms with E-state index in [-0.39, 0.29) is 42.3 Å². The average Bonchev–Trinajstić information content (AvgIpc) is 3.51. The maximum absolute atomic E-state index is 14.6. The summed E-state index contributed by atoms with van der Waals surface area (Å²) < 4.78 is 51.2. The van der Waals surface area contributed by atoms with Crippen molar-refractivity contribution in [3.05, 3.63) is 76.4 Å². The predicted molar refractivity (Wildman–Crippen MR) is 164 cm³/mol. The maximum atomic E-state index is 14.6. The molecule has 2 amide bonds. The smallest absolute Gasteiger partial charge is 0.416 e. The van der Waals surface area contributed by atoms with E-state index >= 15 is 0 Å². The van der Waals surface area contributed by atoms with Crippen LogP contribution in [0.25, 0.3) is 0 Å². The summed E-state index contributed by atoms with van der Waals surface area (Å²) in [5.74, 6) is 0.269. The van der Waals surface area contributed by atoms with E-state index in [1.165, 1.54) is 15.9 Å². The van der Waals surface area contributed by atoms with E-state index in [4.69, 9.17) is 4.74 Å². The second-order valence-electron chi connectivity index (χ2n) is 14.3. The Morgan fingerprint density at radius 1 is 1.15 bits per heavy atom. The summed E-state index contributed by atoms with van der Waals surface area (Å²) >= 11 is 0. The number of anilines is 1. The van der Waals surface area contributed by atoms with E-state index in [2.05, 4.69) is 10.2 Å². The molecule has 2 heterocycles. The number of hydrogen-bond acceptors (Lipinski definition) is 6. The summed E-state index contributed by atoms with van der Waals surface area (Å²) in [5.41, 5.74) is -1.31. The third-order valence-electron chi connectivity index (χ3n) is 9.83. The van der Waals surface area contributed by atoms with Crippen molar-refractivity contribution in [1.82, 2.24) is 19.7 Å². The second-order valence-corrected chi connectivity index (χ2v) is 14.3. The molecule has 0 unspecified atom stereocenters. The number of fused-ring (bicyclic) bond motifs is 1. The first kappa shape index (κ1) is 32.0. The van der Waals surface area contributed by atoms with Crippen LogP contribution in [0, 0.1) is 5.92 Å². The van der Waals surface area contributed by atoms with E-state index in [9.17, 15) is 27.9 Å². The van der Waals surface area contributed by atoms with E-state index in [0.29, 0.717) is 31.4 Å². The van der Waals surface area contributed by atoms with Crippen molar-refractivity contribution in [3.63, 3.8) is 0 Å². The van der Waals surface area contributed by atoms with Crippen molar-refractivity contribution in [3.8, 4) is 0 Å². The lowest BCUT2D eigenvalue weighted by Gasteiger charge is -2.47. The van der Waals surface area contributed by atoms with Crippen LogP contribution in [0.15, 0.2) is 42.7 Å². The molecule has 3 aromatic rings. The van der Waals surface area contributed by atoms with Crippen LogP contribution in [0.3, 0.4) is 0 Å². The zero-order valence-corrected chi connectivity index (χ0v) is 26.8. The fourth-order valence-corrected chi connectivity index (χ4v) is 7.25. The number of ether oxygens (including phenoxy) is 1. The van der Waals surface area contributed by atoms with E-state index in [0.717, 1.165) is 23.9 Å². The van der Waals surface area contributed by atoms with Gasteiger partial charge >= 0.3 is 12.3 Å². The molecular weight excluding hydrogens is 599 g/mol. The van der Waals surface area contributed by atoms with Gasteiger partial charge in [-0.2, -0.15) is 13.2 Å². The molecule has 0 spiro atoms. The number of benzene rings is 2. The van der Waals surface area contributed by atoms with Crippen molar-refractivity contribution in [2.45, 2.75) is 95.6 Å². The number of aryl methyl sites for hydroxylation is 1. The van der Waals surface area contributed by atoms with Crippen LogP contribution < -0.4 is 4.90 Å². The van der Waals surface area contributed by atoms with Gasteiger partial charge in [-0.3, -0.25) is 9.69 Å². The maximum Gasteiger partial charge on any atom is 0.416 e. The van der Waals surface area contributed by atoms with Gasteiger partial charge in [0.2, 0.25) is 0 Å². The molecule has 2 fully saturated rings. The monoisotopic (exact) mass is 639 g/mol. The molecule has 46 heavy (non-hydrogen) atoms. The molecule has 2 aromatic carbocycles. The van der Waals surface area contributed by atoms with Crippen LogP contribution >= 0.6 is 0 Å². The third-order valence-corrected chi connectivity index (χ3v) is 9.83. The number of rotatable bonds is 7. The highest BCUT2D eigenvalue weighted by molar-refractivity contribution is 6.10. The van der Waals surface area contributed by atoms with Crippen LogP contribution in [0.2, 0.25) is 0 Å². The van der Waals surface area contributed by atoms with E-state index in [1.54, 1.807) is 39.2 Å². The first-order valence-corrected chi connectivity index (χ1v) is 15.7. The van der Waals surface area contributed by atoms with Gasteiger partial charge in [0.15, 0.2) is 0 Å². The molecule has 246 valence electrons. The highest BCUT2D eigenvalue weighted by Crippen LogP contribution is 2.52. The average molecular weight is 640 g/mol. The molecule has 3 aliphatic rings. The molecule has 0 saturated heterocycles. The molecule has 1 aromatic heterocycles. The number of amides is 2. The zero-order valence-electron chi connectivity index (χ0n) is 26.8. The molecule has 9 nitrogen and oxygen atoms in total. The van der Waals surface area contributed by atoms with Crippen molar-refractivity contribution in [2.75, 3.05) is 11.5 Å². The van der Waals surface area contributed by atoms with Crippen molar-refractivity contribution >= 4 is 17.7 Å². The summed E-state index contributed by atoms with van der Waals surface area (Å²) in [4.78, 5) is 30.1. The number of alkyl halides is 3. The Morgan fingerprint density at radius 3 is 2.43 bits per heavy atom. The summed E-state index contributed by atoms with van der Waals surface area (Å²) in [6.45, 7) is 6.83. The predicted octanol–water partition coefficient (Wildman–Crippen LogP) is 6.36. The first-order valence-electron chi connectivity index (χ1n) is 15.7. The topological polar surface area (TPSA) is 101 Å². The molecule has 1 aliphatic heterocycles. The molecule has 6 rings (SSSR count). The Morgan fingerprint density at radius 2 is 1.87 bits per heavy atom. The number of hydrogen-bond donors (Lipinski definition) is 1. The van der Waals surface area contributed by atoms with Crippen LogP contribution in [-0.2, 0) is 36.5 Å². The number of carbonyl (C=O) groups is 2. The summed E-state index contributed by atoms with van der Waals surface area (Å²) in [5, 5.41) is 18.2. The molecule has 2 saturated carbocycles. The van der Waals surface area contributed by atoms with Crippen LogP contribution in [0.1, 0.15) is 98.2 Å². The lowest BCUT2D eigenvalue weighted by molar-refractivity contribution is -0.138. The normalized spacial score (nSPS) is 22.2. The Labute approximate surface area is 266 Å². The highest BCUT2D eigenvalue weighted by atomic mass is 19.4. The van der Waals surface area contributed by atoms with E-state index in [1.807, 2.05) is 30.7 Å². The molecule has 0 bridgehead atoms. The zero-order chi connectivity index (χ0) is 33.2. The van der Waals surface area contributed by atoms with Gasteiger partial charge in [-0.05, 0) is 107 Å². The number of aliphatic hydroxyl groups is 1. The molecule has 0 atom stereocenters. The molecule has 12 heteroatoms. The van der Waals surface area contributed by atoms with Gasteiger partial charge in [-0.1, -0.05) is 12.1 Å². The fraction of sp³-hybridized carbons (Fsp3) is 0.529. The molecule has 0 radical (unpaired) electrons. The Balaban J connectivity index is 1.35. The lowest BCUT2D eigenvalue weighted by atomic mass is 9.58. The Hall–Kier alpha value is -3.93. The van der Waals surface area contributed by atoms with Crippen molar-refractivity contribution in [1.29, 1.82) is 0 Å². The number of carbonyl (C=O) groups excluding carboxylic acids is 2. The standard InChI is InChI=1S/C34H40F3N5O4/c1-31(2,3)46-30(45)42(32(4)10-7-11-32)17-21-12-25-26(27(13-21)34(35,36)37)18-41(28(25)44)24-9-6-8-23(14-24)33(15-22(16-33)19-43)29-39-38-20-40(29)5/h6,8-9,12-14,20,22,43H,7,10-11,15-19H2,1-5H3. The van der Waals surface area contributed by atoms with E-state index < -0.39 is 40.3 Å². The molecule has 2 aliphatic carbocycles. The quantitative estimate of drug-likeness (QED) is 0.323. The summed E-state index contributed by atoms with van der Waals surface area (Å²) in [6, 6.07) is 9.83. The van der Waals surface area contributed by atoms with Gasteiger partial charge in [0.05, 0.1) is 17.5 Å². The lowest BCUT2D eigenvalue weighted by Crippen LogP contribution is -2.54. The third kappa shape index (κ3) is 5.54. The fourth-order valence-electron chi connectivity index (χ4n) is 7.25. The number of aromatic nitrogens is 3. The Bertz CT molecular complexity index is 1670. The highest BCUT2D eigenvalue weighted by Gasteiger charge is 2.50.